The van der Waals surface area contributed by atoms with Crippen LogP contribution in [0.4, 0.5) is 14.5 Å². The molecule has 2 rings (SSSR count). The summed E-state index contributed by atoms with van der Waals surface area (Å²) in [5, 5.41) is 11.9. The molecular formula is C15H12F2N2. The van der Waals surface area contributed by atoms with Crippen LogP contribution in [0.5, 0.6) is 0 Å². The quantitative estimate of drug-likeness (QED) is 0.909. The number of benzene rings is 2. The molecule has 2 aromatic rings. The first-order chi connectivity index (χ1) is 9.11. The number of nitriles is 1. The Labute approximate surface area is 110 Å². The van der Waals surface area contributed by atoms with E-state index in [0.717, 1.165) is 5.56 Å². The fraction of sp³-hybridized carbons (Fsp3) is 0.133. The summed E-state index contributed by atoms with van der Waals surface area (Å²) in [5.41, 5.74) is 1.84. The van der Waals surface area contributed by atoms with E-state index in [4.69, 9.17) is 5.26 Å². The van der Waals surface area contributed by atoms with Crippen LogP contribution in [0.25, 0.3) is 0 Å². The summed E-state index contributed by atoms with van der Waals surface area (Å²) in [6.45, 7) is 2.08. The summed E-state index contributed by atoms with van der Waals surface area (Å²) in [4.78, 5) is 0. The smallest absolute Gasteiger partial charge is 0.143 e. The molecular weight excluding hydrogens is 246 g/mol. The third-order valence-corrected chi connectivity index (χ3v) is 2.83. The average Bonchev–Trinajstić information content (AvgIpc) is 2.40. The molecule has 0 aliphatic carbocycles. The zero-order valence-electron chi connectivity index (χ0n) is 10.4. The van der Waals surface area contributed by atoms with Crippen molar-refractivity contribution in [3.05, 3.63) is 64.7 Å². The van der Waals surface area contributed by atoms with Gasteiger partial charge in [0.1, 0.15) is 23.3 Å². The number of halogens is 2. The van der Waals surface area contributed by atoms with Crippen molar-refractivity contribution in [3.63, 3.8) is 0 Å². The van der Waals surface area contributed by atoms with Crippen molar-refractivity contribution < 1.29 is 8.78 Å². The van der Waals surface area contributed by atoms with Gasteiger partial charge in [0, 0.05) is 6.54 Å². The highest BCUT2D eigenvalue weighted by atomic mass is 19.1. The van der Waals surface area contributed by atoms with Crippen molar-refractivity contribution in [2.24, 2.45) is 0 Å². The second-order valence-electron chi connectivity index (χ2n) is 4.21. The molecule has 2 aromatic carbocycles. The molecule has 0 fully saturated rings. The van der Waals surface area contributed by atoms with Crippen LogP contribution in [0.15, 0.2) is 36.4 Å². The van der Waals surface area contributed by atoms with E-state index in [9.17, 15) is 8.78 Å². The van der Waals surface area contributed by atoms with Gasteiger partial charge in [0.2, 0.25) is 0 Å². The van der Waals surface area contributed by atoms with Crippen LogP contribution in [0.2, 0.25) is 0 Å². The fourth-order valence-electron chi connectivity index (χ4n) is 1.80. The van der Waals surface area contributed by atoms with Crippen molar-refractivity contribution >= 4 is 5.69 Å². The predicted molar refractivity (Wildman–Crippen MR) is 69.6 cm³/mol. The first-order valence-electron chi connectivity index (χ1n) is 5.79. The minimum absolute atomic E-state index is 0.0127. The number of anilines is 1. The molecule has 1 N–H and O–H groups in total. The van der Waals surface area contributed by atoms with Crippen LogP contribution < -0.4 is 5.32 Å². The third kappa shape index (κ3) is 2.89. The van der Waals surface area contributed by atoms with E-state index in [0.29, 0.717) is 17.8 Å². The molecule has 4 heteroatoms. The van der Waals surface area contributed by atoms with Crippen molar-refractivity contribution in [1.29, 1.82) is 5.26 Å². The lowest BCUT2D eigenvalue weighted by Crippen LogP contribution is -2.03. The highest BCUT2D eigenvalue weighted by Gasteiger charge is 2.07. The minimum Gasteiger partial charge on any atom is -0.380 e. The van der Waals surface area contributed by atoms with Gasteiger partial charge in [-0.25, -0.2) is 8.78 Å². The molecule has 0 aliphatic rings. The SMILES string of the molecule is Cc1cc(CNc2cccc(F)c2C#N)ccc1F. The maximum Gasteiger partial charge on any atom is 0.143 e. The van der Waals surface area contributed by atoms with E-state index in [1.54, 1.807) is 25.1 Å². The van der Waals surface area contributed by atoms with E-state index in [-0.39, 0.29) is 11.4 Å². The number of hydrogen-bond donors (Lipinski definition) is 1. The first kappa shape index (κ1) is 13.0. The molecule has 0 saturated heterocycles. The number of hydrogen-bond acceptors (Lipinski definition) is 2. The summed E-state index contributed by atoms with van der Waals surface area (Å²) < 4.78 is 26.5. The zero-order valence-corrected chi connectivity index (χ0v) is 10.4. The van der Waals surface area contributed by atoms with Crippen LogP contribution in [-0.2, 0) is 6.54 Å². The van der Waals surface area contributed by atoms with E-state index in [1.165, 1.54) is 18.2 Å². The molecule has 2 nitrogen and oxygen atoms in total. The third-order valence-electron chi connectivity index (χ3n) is 2.83. The van der Waals surface area contributed by atoms with Gasteiger partial charge in [-0.2, -0.15) is 5.26 Å². The maximum absolute atomic E-state index is 13.4. The van der Waals surface area contributed by atoms with Crippen LogP contribution >= 0.6 is 0 Å². The van der Waals surface area contributed by atoms with Crippen molar-refractivity contribution in [1.82, 2.24) is 0 Å². The van der Waals surface area contributed by atoms with Crippen LogP contribution in [0.1, 0.15) is 16.7 Å². The van der Waals surface area contributed by atoms with Crippen molar-refractivity contribution in [2.75, 3.05) is 5.32 Å². The maximum atomic E-state index is 13.4. The molecule has 0 amide bonds. The highest BCUT2D eigenvalue weighted by Crippen LogP contribution is 2.19. The number of rotatable bonds is 3. The molecule has 0 unspecified atom stereocenters. The zero-order chi connectivity index (χ0) is 13.8. The number of aryl methyl sites for hydroxylation is 1. The van der Waals surface area contributed by atoms with Crippen molar-refractivity contribution in [2.45, 2.75) is 13.5 Å². The largest absolute Gasteiger partial charge is 0.380 e. The Morgan fingerprint density at radius 2 is 1.95 bits per heavy atom. The second-order valence-corrected chi connectivity index (χ2v) is 4.21. The molecule has 96 valence electrons. The normalized spacial score (nSPS) is 10.0. The number of nitrogens with one attached hydrogen (secondary N) is 1. The van der Waals surface area contributed by atoms with E-state index in [1.807, 2.05) is 6.07 Å². The van der Waals surface area contributed by atoms with Crippen molar-refractivity contribution in [3.8, 4) is 6.07 Å². The van der Waals surface area contributed by atoms with Gasteiger partial charge in [-0.3, -0.25) is 0 Å². The lowest BCUT2D eigenvalue weighted by atomic mass is 10.1. The molecule has 0 saturated carbocycles. The van der Waals surface area contributed by atoms with Crippen LogP contribution in [0, 0.1) is 29.9 Å². The standard InChI is InChI=1S/C15H12F2N2/c1-10-7-11(5-6-13(10)16)9-19-15-4-2-3-14(17)12(15)8-18/h2-7,19H,9H2,1H3. The van der Waals surface area contributed by atoms with Crippen LogP contribution in [-0.4, -0.2) is 0 Å². The minimum atomic E-state index is -0.553. The lowest BCUT2D eigenvalue weighted by Gasteiger charge is -2.09. The molecule has 0 aliphatic heterocycles. The fourth-order valence-corrected chi connectivity index (χ4v) is 1.80. The Balaban J connectivity index is 2.17. The highest BCUT2D eigenvalue weighted by molar-refractivity contribution is 5.58. The molecule has 0 radical (unpaired) electrons. The van der Waals surface area contributed by atoms with Gasteiger partial charge in [0.05, 0.1) is 5.69 Å². The van der Waals surface area contributed by atoms with Gasteiger partial charge in [-0.15, -0.1) is 0 Å². The molecule has 0 aromatic heterocycles. The summed E-state index contributed by atoms with van der Waals surface area (Å²) in [6.07, 6.45) is 0. The Morgan fingerprint density at radius 1 is 1.16 bits per heavy atom. The molecule has 0 spiro atoms. The molecule has 0 atom stereocenters. The Bertz CT molecular complexity index is 645. The monoisotopic (exact) mass is 258 g/mol. The molecule has 0 heterocycles. The van der Waals surface area contributed by atoms with Gasteiger partial charge in [0.25, 0.3) is 0 Å². The predicted octanol–water partition coefficient (Wildman–Crippen LogP) is 3.76. The summed E-state index contributed by atoms with van der Waals surface area (Å²) in [5.74, 6) is -0.810. The summed E-state index contributed by atoms with van der Waals surface area (Å²) in [7, 11) is 0. The lowest BCUT2D eigenvalue weighted by molar-refractivity contribution is 0.617. The van der Waals surface area contributed by atoms with Gasteiger partial charge >= 0.3 is 0 Å². The molecule has 19 heavy (non-hydrogen) atoms. The first-order valence-corrected chi connectivity index (χ1v) is 5.79. The van der Waals surface area contributed by atoms with Gasteiger partial charge < -0.3 is 5.32 Å². The molecule has 0 bridgehead atoms. The summed E-state index contributed by atoms with van der Waals surface area (Å²) in [6, 6.07) is 11.0. The van der Waals surface area contributed by atoms with E-state index < -0.39 is 5.82 Å². The topological polar surface area (TPSA) is 35.8 Å². The summed E-state index contributed by atoms with van der Waals surface area (Å²) >= 11 is 0. The number of nitrogens with zero attached hydrogens (tertiary/aromatic N) is 1. The van der Waals surface area contributed by atoms with Gasteiger partial charge in [0.15, 0.2) is 0 Å². The van der Waals surface area contributed by atoms with E-state index >= 15 is 0 Å². The van der Waals surface area contributed by atoms with E-state index in [2.05, 4.69) is 5.32 Å². The second kappa shape index (κ2) is 5.49. The van der Waals surface area contributed by atoms with Gasteiger partial charge in [-0.1, -0.05) is 18.2 Å². The Kier molecular flexibility index (Phi) is 3.76. The van der Waals surface area contributed by atoms with Crippen LogP contribution in [0.3, 0.4) is 0 Å². The Hall–Kier alpha value is -2.41. The van der Waals surface area contributed by atoms with Gasteiger partial charge in [-0.05, 0) is 36.2 Å². The average molecular weight is 258 g/mol. The Morgan fingerprint density at radius 3 is 2.63 bits per heavy atom.